The Morgan fingerprint density at radius 3 is 2.40 bits per heavy atom. The minimum absolute atomic E-state index is 0.0574. The Kier molecular flexibility index (Phi) is 8.33. The highest BCUT2D eigenvalue weighted by atomic mass is 35.5. The Bertz CT molecular complexity index is 1210. The van der Waals surface area contributed by atoms with Crippen LogP contribution in [0.3, 0.4) is 0 Å². The van der Waals surface area contributed by atoms with Crippen LogP contribution in [-0.4, -0.2) is 26.8 Å². The lowest BCUT2D eigenvalue weighted by atomic mass is 9.87. The molecule has 8 heteroatoms. The van der Waals surface area contributed by atoms with Crippen LogP contribution in [0.4, 0.5) is 10.1 Å². The molecule has 0 bridgehead atoms. The molecule has 0 unspecified atom stereocenters. The summed E-state index contributed by atoms with van der Waals surface area (Å²) in [4.78, 5) is 24.2. The fourth-order valence-electron chi connectivity index (χ4n) is 3.94. The van der Waals surface area contributed by atoms with Gasteiger partial charge in [0.05, 0.1) is 23.7 Å². The average molecular weight is 500 g/mol. The van der Waals surface area contributed by atoms with Crippen LogP contribution in [0.5, 0.6) is 0 Å². The number of carbonyl (C=O) groups excluding carboxylic acids is 1. The van der Waals surface area contributed by atoms with Crippen molar-refractivity contribution >= 4 is 29.2 Å². The maximum atomic E-state index is 13.4. The highest BCUT2D eigenvalue weighted by molar-refractivity contribution is 6.31. The monoisotopic (exact) mass is 499 g/mol. The number of rotatable bonds is 9. The van der Waals surface area contributed by atoms with E-state index in [2.05, 4.69) is 12.2 Å². The Balaban J connectivity index is 1.85. The van der Waals surface area contributed by atoms with Gasteiger partial charge in [-0.15, -0.1) is 0 Å². The second kappa shape index (κ2) is 11.0. The molecule has 0 aliphatic heterocycles. The van der Waals surface area contributed by atoms with Gasteiger partial charge in [-0.05, 0) is 48.7 Å². The lowest BCUT2D eigenvalue weighted by molar-refractivity contribution is -0.136. The lowest BCUT2D eigenvalue weighted by Gasteiger charge is -2.17. The molecule has 1 aromatic heterocycles. The van der Waals surface area contributed by atoms with E-state index in [0.29, 0.717) is 17.8 Å². The maximum Gasteiger partial charge on any atom is 0.307 e. The number of aromatic nitrogens is 2. The molecule has 0 aliphatic carbocycles. The summed E-state index contributed by atoms with van der Waals surface area (Å²) in [7, 11) is 0. The summed E-state index contributed by atoms with van der Waals surface area (Å²) in [5.41, 5.74) is 4.06. The van der Waals surface area contributed by atoms with Crippen molar-refractivity contribution in [1.29, 1.82) is 0 Å². The van der Waals surface area contributed by atoms with Crippen molar-refractivity contribution in [2.75, 3.05) is 5.32 Å². The third kappa shape index (κ3) is 6.69. The predicted octanol–water partition coefficient (Wildman–Crippen LogP) is 6.24. The molecule has 0 aliphatic rings. The average Bonchev–Trinajstić information content (AvgIpc) is 3.11. The normalized spacial score (nSPS) is 11.5. The number of carbonyl (C=O) groups is 2. The number of benzene rings is 2. The number of halogens is 2. The minimum Gasteiger partial charge on any atom is -0.481 e. The van der Waals surface area contributed by atoms with Crippen LogP contribution < -0.4 is 5.32 Å². The zero-order valence-electron chi connectivity index (χ0n) is 20.5. The molecule has 1 heterocycles. The minimum atomic E-state index is -0.870. The Morgan fingerprint density at radius 2 is 1.83 bits per heavy atom. The standard InChI is InChI=1S/C27H31ClFN3O3/c1-5-6-7-23-20(15-24(33)34)25(27(2,3)4)31-32(23)16-17-8-10-18(11-9-17)26(35)30-19-12-13-22(29)21(28)14-19/h8-14H,5-7,15-16H2,1-4H3,(H,30,35)(H,33,34). The zero-order valence-corrected chi connectivity index (χ0v) is 21.2. The number of carboxylic acid groups (broad SMARTS) is 1. The molecule has 0 saturated heterocycles. The number of amides is 1. The van der Waals surface area contributed by atoms with Crippen molar-refractivity contribution in [3.8, 4) is 0 Å². The number of aliphatic carboxylic acids is 1. The van der Waals surface area contributed by atoms with E-state index in [1.165, 1.54) is 18.2 Å². The Hall–Kier alpha value is -3.19. The largest absolute Gasteiger partial charge is 0.481 e. The van der Waals surface area contributed by atoms with Crippen molar-refractivity contribution in [2.45, 2.75) is 65.3 Å². The van der Waals surface area contributed by atoms with E-state index in [1.807, 2.05) is 37.6 Å². The van der Waals surface area contributed by atoms with Gasteiger partial charge in [0.15, 0.2) is 0 Å². The summed E-state index contributed by atoms with van der Waals surface area (Å²) in [6, 6.07) is 11.1. The summed E-state index contributed by atoms with van der Waals surface area (Å²) < 4.78 is 15.3. The van der Waals surface area contributed by atoms with Crippen LogP contribution in [0.15, 0.2) is 42.5 Å². The third-order valence-electron chi connectivity index (χ3n) is 5.70. The van der Waals surface area contributed by atoms with Gasteiger partial charge in [-0.25, -0.2) is 4.39 Å². The van der Waals surface area contributed by atoms with E-state index in [-0.39, 0.29) is 22.8 Å². The van der Waals surface area contributed by atoms with E-state index < -0.39 is 11.8 Å². The van der Waals surface area contributed by atoms with E-state index >= 15 is 0 Å². The lowest BCUT2D eigenvalue weighted by Crippen LogP contribution is -2.16. The zero-order chi connectivity index (χ0) is 25.8. The SMILES string of the molecule is CCCCc1c(CC(=O)O)c(C(C)(C)C)nn1Cc1ccc(C(=O)Nc2ccc(F)c(Cl)c2)cc1. The van der Waals surface area contributed by atoms with E-state index in [0.717, 1.165) is 41.8 Å². The highest BCUT2D eigenvalue weighted by Crippen LogP contribution is 2.29. The summed E-state index contributed by atoms with van der Waals surface area (Å²) in [5, 5.41) is 17.0. The number of nitrogens with zero attached hydrogens (tertiary/aromatic N) is 2. The van der Waals surface area contributed by atoms with Crippen LogP contribution in [0, 0.1) is 5.82 Å². The molecule has 2 N–H and O–H groups in total. The predicted molar refractivity (Wildman–Crippen MR) is 136 cm³/mol. The molecule has 35 heavy (non-hydrogen) atoms. The first-order valence-corrected chi connectivity index (χ1v) is 12.0. The molecule has 0 spiro atoms. The van der Waals surface area contributed by atoms with Crippen LogP contribution >= 0.6 is 11.6 Å². The third-order valence-corrected chi connectivity index (χ3v) is 5.99. The van der Waals surface area contributed by atoms with Crippen molar-refractivity contribution in [3.05, 3.63) is 81.4 Å². The van der Waals surface area contributed by atoms with Gasteiger partial charge in [0.25, 0.3) is 5.91 Å². The second-order valence-corrected chi connectivity index (χ2v) is 10.0. The van der Waals surface area contributed by atoms with E-state index in [4.69, 9.17) is 16.7 Å². The molecule has 2 aromatic carbocycles. The summed E-state index contributed by atoms with van der Waals surface area (Å²) >= 11 is 5.79. The molecule has 0 fully saturated rings. The van der Waals surface area contributed by atoms with Gasteiger partial charge in [-0.1, -0.05) is 57.8 Å². The van der Waals surface area contributed by atoms with Gasteiger partial charge < -0.3 is 10.4 Å². The fraction of sp³-hybridized carbons (Fsp3) is 0.370. The summed E-state index contributed by atoms with van der Waals surface area (Å²) in [6.45, 7) is 8.69. The second-order valence-electron chi connectivity index (χ2n) is 9.64. The van der Waals surface area contributed by atoms with Crippen LogP contribution in [-0.2, 0) is 29.6 Å². The van der Waals surface area contributed by atoms with Gasteiger partial charge in [0, 0.05) is 27.9 Å². The van der Waals surface area contributed by atoms with E-state index in [9.17, 15) is 19.1 Å². The number of unbranched alkanes of at least 4 members (excludes halogenated alkanes) is 1. The first kappa shape index (κ1) is 26.4. The van der Waals surface area contributed by atoms with Crippen molar-refractivity contribution in [3.63, 3.8) is 0 Å². The fourth-order valence-corrected chi connectivity index (χ4v) is 4.12. The maximum absolute atomic E-state index is 13.4. The van der Waals surface area contributed by atoms with Crippen molar-refractivity contribution in [2.24, 2.45) is 0 Å². The molecular weight excluding hydrogens is 469 g/mol. The van der Waals surface area contributed by atoms with Gasteiger partial charge in [-0.3, -0.25) is 14.3 Å². The van der Waals surface area contributed by atoms with Gasteiger partial charge in [-0.2, -0.15) is 5.10 Å². The molecular formula is C27H31ClFN3O3. The molecule has 0 saturated carbocycles. The number of hydrogen-bond acceptors (Lipinski definition) is 3. The molecule has 6 nitrogen and oxygen atoms in total. The summed E-state index contributed by atoms with van der Waals surface area (Å²) in [6.07, 6.45) is 2.63. The first-order valence-electron chi connectivity index (χ1n) is 11.7. The smallest absolute Gasteiger partial charge is 0.307 e. The molecule has 0 radical (unpaired) electrons. The number of carboxylic acids is 1. The van der Waals surface area contributed by atoms with Crippen LogP contribution in [0.1, 0.15) is 73.4 Å². The molecule has 0 atom stereocenters. The number of nitrogens with one attached hydrogen (secondary N) is 1. The van der Waals surface area contributed by atoms with Crippen LogP contribution in [0.2, 0.25) is 5.02 Å². The van der Waals surface area contributed by atoms with Crippen LogP contribution in [0.25, 0.3) is 0 Å². The first-order chi connectivity index (χ1) is 16.5. The van der Waals surface area contributed by atoms with Crippen molar-refractivity contribution < 1.29 is 19.1 Å². The van der Waals surface area contributed by atoms with Gasteiger partial charge in [0.1, 0.15) is 5.82 Å². The molecule has 3 rings (SSSR count). The number of anilines is 1. The quantitative estimate of drug-likeness (QED) is 0.365. The Labute approximate surface area is 210 Å². The number of hydrogen-bond donors (Lipinski definition) is 2. The van der Waals surface area contributed by atoms with Gasteiger partial charge in [0.2, 0.25) is 0 Å². The van der Waals surface area contributed by atoms with Gasteiger partial charge >= 0.3 is 5.97 Å². The topological polar surface area (TPSA) is 84.2 Å². The molecule has 3 aromatic rings. The van der Waals surface area contributed by atoms with E-state index in [1.54, 1.807) is 12.1 Å². The summed E-state index contributed by atoms with van der Waals surface area (Å²) in [5.74, 6) is -1.75. The Morgan fingerprint density at radius 1 is 1.14 bits per heavy atom. The highest BCUT2D eigenvalue weighted by Gasteiger charge is 2.27. The molecule has 186 valence electrons. The molecule has 1 amide bonds. The van der Waals surface area contributed by atoms with Crippen molar-refractivity contribution in [1.82, 2.24) is 9.78 Å².